The molecule has 0 saturated heterocycles. The quantitative estimate of drug-likeness (QED) is 0.526. The Morgan fingerprint density at radius 3 is 2.30 bits per heavy atom. The minimum absolute atomic E-state index is 0.149. The average Bonchev–Trinajstić information content (AvgIpc) is 2.44. The van der Waals surface area contributed by atoms with Crippen molar-refractivity contribution in [2.45, 2.75) is 46.3 Å². The molecule has 122 valence electrons. The minimum atomic E-state index is -0.975. The summed E-state index contributed by atoms with van der Waals surface area (Å²) in [5.41, 5.74) is 1.23. The van der Waals surface area contributed by atoms with E-state index in [9.17, 15) is 9.59 Å². The molecule has 0 aliphatic carbocycles. The van der Waals surface area contributed by atoms with E-state index < -0.39 is 23.5 Å². The number of hydrogen-bond donors (Lipinski definition) is 1. The maximum atomic E-state index is 12.0. The monoisotopic (exact) mass is 314 g/mol. The number of nitrogens with one attached hydrogen (secondary N) is 1. The third-order valence-electron chi connectivity index (χ3n) is 2.88. The van der Waals surface area contributed by atoms with Crippen LogP contribution in [0.2, 0.25) is 0 Å². The Morgan fingerprint density at radius 2 is 1.83 bits per heavy atom. The fourth-order valence-corrected chi connectivity index (χ4v) is 1.71. The number of amides is 1. The van der Waals surface area contributed by atoms with Crippen molar-refractivity contribution in [2.24, 2.45) is 0 Å². The molecule has 0 saturated carbocycles. The molecule has 0 aliphatic rings. The van der Waals surface area contributed by atoms with Crippen LogP contribution in [0.5, 0.6) is 0 Å². The van der Waals surface area contributed by atoms with Crippen LogP contribution in [0, 0.1) is 18.3 Å². The number of carbonyl (C=O) groups is 2. The molecular formula is C18H22N2O3. The summed E-state index contributed by atoms with van der Waals surface area (Å²) in [5.74, 6) is -1.22. The molecule has 1 aromatic rings. The first-order chi connectivity index (χ1) is 10.6. The minimum Gasteiger partial charge on any atom is -0.448 e. The van der Waals surface area contributed by atoms with Crippen molar-refractivity contribution in [2.75, 3.05) is 0 Å². The smallest absolute Gasteiger partial charge is 0.349 e. The van der Waals surface area contributed by atoms with Crippen LogP contribution in [-0.2, 0) is 14.3 Å². The van der Waals surface area contributed by atoms with E-state index in [1.165, 1.54) is 13.0 Å². The van der Waals surface area contributed by atoms with Crippen molar-refractivity contribution in [3.8, 4) is 6.07 Å². The van der Waals surface area contributed by atoms with E-state index >= 15 is 0 Å². The lowest BCUT2D eigenvalue weighted by atomic mass is 10.1. The van der Waals surface area contributed by atoms with Crippen LogP contribution >= 0.6 is 0 Å². The van der Waals surface area contributed by atoms with Crippen LogP contribution in [0.15, 0.2) is 29.8 Å². The average molecular weight is 314 g/mol. The van der Waals surface area contributed by atoms with Gasteiger partial charge in [0.1, 0.15) is 11.6 Å². The van der Waals surface area contributed by atoms with Crippen molar-refractivity contribution in [1.29, 1.82) is 5.26 Å². The molecule has 0 fully saturated rings. The second-order valence-corrected chi connectivity index (χ2v) is 6.37. The Balaban J connectivity index is 2.80. The number of hydrogen-bond acceptors (Lipinski definition) is 4. The van der Waals surface area contributed by atoms with Crippen LogP contribution in [0.3, 0.4) is 0 Å². The van der Waals surface area contributed by atoms with Crippen molar-refractivity contribution < 1.29 is 14.3 Å². The predicted octanol–water partition coefficient (Wildman–Crippen LogP) is 2.75. The number of carbonyl (C=O) groups excluding carboxylic acids is 2. The summed E-state index contributed by atoms with van der Waals surface area (Å²) >= 11 is 0. The summed E-state index contributed by atoms with van der Waals surface area (Å²) in [4.78, 5) is 23.9. The van der Waals surface area contributed by atoms with Crippen molar-refractivity contribution >= 4 is 18.0 Å². The molecule has 5 nitrogen and oxygen atoms in total. The van der Waals surface area contributed by atoms with E-state index in [2.05, 4.69) is 5.32 Å². The molecule has 23 heavy (non-hydrogen) atoms. The van der Waals surface area contributed by atoms with Crippen molar-refractivity contribution in [1.82, 2.24) is 5.32 Å². The van der Waals surface area contributed by atoms with Gasteiger partial charge >= 0.3 is 5.97 Å². The maximum Gasteiger partial charge on any atom is 0.349 e. The van der Waals surface area contributed by atoms with Crippen LogP contribution < -0.4 is 5.32 Å². The normalized spacial score (nSPS) is 13.0. The van der Waals surface area contributed by atoms with Gasteiger partial charge in [0, 0.05) is 5.54 Å². The molecule has 5 heteroatoms. The van der Waals surface area contributed by atoms with Crippen LogP contribution in [-0.4, -0.2) is 23.5 Å². The highest BCUT2D eigenvalue weighted by Gasteiger charge is 2.23. The van der Waals surface area contributed by atoms with Crippen molar-refractivity contribution in [3.63, 3.8) is 0 Å². The lowest BCUT2D eigenvalue weighted by molar-refractivity contribution is -0.151. The molecule has 1 amide bonds. The van der Waals surface area contributed by atoms with Gasteiger partial charge in [-0.15, -0.1) is 0 Å². The fraction of sp³-hybridized carbons (Fsp3) is 0.389. The Kier molecular flexibility index (Phi) is 6.09. The molecule has 1 aromatic carbocycles. The second-order valence-electron chi connectivity index (χ2n) is 6.37. The van der Waals surface area contributed by atoms with Gasteiger partial charge in [-0.2, -0.15) is 5.26 Å². The summed E-state index contributed by atoms with van der Waals surface area (Å²) in [6.07, 6.45) is 0.465. The first-order valence-corrected chi connectivity index (χ1v) is 7.34. The standard InChI is InChI=1S/C18H22N2O3/c1-12-6-8-14(9-7-12)10-15(11-19)17(22)23-13(2)16(21)20-18(3,4)5/h6-10,13H,1-5H3,(H,20,21)/b15-10+/t13-/m0/s1. The van der Waals surface area contributed by atoms with Gasteiger partial charge in [-0.05, 0) is 46.3 Å². The summed E-state index contributed by atoms with van der Waals surface area (Å²) in [5, 5.41) is 11.8. The summed E-state index contributed by atoms with van der Waals surface area (Å²) < 4.78 is 5.07. The van der Waals surface area contributed by atoms with Gasteiger partial charge < -0.3 is 10.1 Å². The maximum absolute atomic E-state index is 12.0. The number of rotatable bonds is 4. The molecule has 0 heterocycles. The summed E-state index contributed by atoms with van der Waals surface area (Å²) in [6, 6.07) is 9.18. The number of nitrogens with zero attached hydrogens (tertiary/aromatic N) is 1. The van der Waals surface area contributed by atoms with Gasteiger partial charge in [0.15, 0.2) is 6.10 Å². The van der Waals surface area contributed by atoms with Gasteiger partial charge in [-0.3, -0.25) is 4.79 Å². The lowest BCUT2D eigenvalue weighted by Crippen LogP contribution is -2.46. The van der Waals surface area contributed by atoms with E-state index in [1.807, 2.05) is 45.9 Å². The zero-order chi connectivity index (χ0) is 17.6. The van der Waals surface area contributed by atoms with Gasteiger partial charge in [0.05, 0.1) is 0 Å². The van der Waals surface area contributed by atoms with Gasteiger partial charge in [-0.1, -0.05) is 29.8 Å². The largest absolute Gasteiger partial charge is 0.448 e. The highest BCUT2D eigenvalue weighted by Crippen LogP contribution is 2.11. The number of esters is 1. The van der Waals surface area contributed by atoms with E-state index in [1.54, 1.807) is 12.1 Å². The molecule has 1 N–H and O–H groups in total. The van der Waals surface area contributed by atoms with E-state index in [0.717, 1.165) is 11.1 Å². The van der Waals surface area contributed by atoms with E-state index in [4.69, 9.17) is 10.00 Å². The number of ether oxygens (including phenoxy) is 1. The molecule has 1 atom stereocenters. The SMILES string of the molecule is Cc1ccc(/C=C(\C#N)C(=O)O[C@@H](C)C(=O)NC(C)(C)C)cc1. The first-order valence-electron chi connectivity index (χ1n) is 7.34. The second kappa shape index (κ2) is 7.59. The summed E-state index contributed by atoms with van der Waals surface area (Å²) in [6.45, 7) is 8.91. The first kappa shape index (κ1) is 18.4. The number of nitriles is 1. The molecular weight excluding hydrogens is 292 g/mol. The Morgan fingerprint density at radius 1 is 1.26 bits per heavy atom. The zero-order valence-corrected chi connectivity index (χ0v) is 14.1. The highest BCUT2D eigenvalue weighted by molar-refractivity contribution is 5.99. The summed E-state index contributed by atoms with van der Waals surface area (Å²) in [7, 11) is 0. The Bertz CT molecular complexity index is 646. The van der Waals surface area contributed by atoms with E-state index in [0.29, 0.717) is 0 Å². The predicted molar refractivity (Wildman–Crippen MR) is 88.2 cm³/mol. The van der Waals surface area contributed by atoms with Gasteiger partial charge in [0.25, 0.3) is 5.91 Å². The molecule has 0 bridgehead atoms. The fourth-order valence-electron chi connectivity index (χ4n) is 1.71. The number of benzene rings is 1. The number of aryl methyl sites for hydroxylation is 1. The van der Waals surface area contributed by atoms with Crippen LogP contribution in [0.1, 0.15) is 38.8 Å². The molecule has 0 spiro atoms. The highest BCUT2D eigenvalue weighted by atomic mass is 16.5. The van der Waals surface area contributed by atoms with Gasteiger partial charge in [-0.25, -0.2) is 4.79 Å². The molecule has 0 aromatic heterocycles. The zero-order valence-electron chi connectivity index (χ0n) is 14.1. The van der Waals surface area contributed by atoms with E-state index in [-0.39, 0.29) is 5.57 Å². The molecule has 0 unspecified atom stereocenters. The lowest BCUT2D eigenvalue weighted by Gasteiger charge is -2.23. The molecule has 1 rings (SSSR count). The van der Waals surface area contributed by atoms with Crippen LogP contribution in [0.4, 0.5) is 0 Å². The molecule has 0 aliphatic heterocycles. The van der Waals surface area contributed by atoms with Crippen LogP contribution in [0.25, 0.3) is 6.08 Å². The molecule has 0 radical (unpaired) electrons. The van der Waals surface area contributed by atoms with Crippen molar-refractivity contribution in [3.05, 3.63) is 41.0 Å². The topological polar surface area (TPSA) is 79.2 Å². The van der Waals surface area contributed by atoms with Gasteiger partial charge in [0.2, 0.25) is 0 Å². The third-order valence-corrected chi connectivity index (χ3v) is 2.88. The third kappa shape index (κ3) is 6.35. The Labute approximate surface area is 137 Å². The Hall–Kier alpha value is -2.61.